The molecule has 2 amide bonds. The minimum atomic E-state index is -0.966. The van der Waals surface area contributed by atoms with E-state index < -0.39 is 17.7 Å². The largest absolute Gasteiger partial charge is 0.507 e. The van der Waals surface area contributed by atoms with Crippen molar-refractivity contribution < 1.29 is 29.0 Å². The molecule has 0 radical (unpaired) electrons. The first-order chi connectivity index (χ1) is 17.8. The first kappa shape index (κ1) is 24.1. The van der Waals surface area contributed by atoms with Crippen molar-refractivity contribution in [1.29, 1.82) is 0 Å². The smallest absolute Gasteiger partial charge is 0.300 e. The third kappa shape index (κ3) is 4.31. The monoisotopic (exact) mass is 498 g/mol. The number of hydrogen-bond acceptors (Lipinski definition) is 6. The molecule has 0 spiro atoms. The zero-order valence-electron chi connectivity index (χ0n) is 20.6. The summed E-state index contributed by atoms with van der Waals surface area (Å²) < 4.78 is 11.3. The van der Waals surface area contributed by atoms with Gasteiger partial charge in [-0.1, -0.05) is 24.3 Å². The number of rotatable bonds is 5. The number of aliphatic hydroxyl groups is 1. The van der Waals surface area contributed by atoms with Gasteiger partial charge in [-0.15, -0.1) is 0 Å². The second kappa shape index (κ2) is 9.46. The Morgan fingerprint density at radius 2 is 1.86 bits per heavy atom. The third-order valence-corrected chi connectivity index (χ3v) is 6.49. The van der Waals surface area contributed by atoms with Crippen molar-refractivity contribution in [3.05, 3.63) is 89.0 Å². The Morgan fingerprint density at radius 3 is 2.62 bits per heavy atom. The lowest BCUT2D eigenvalue weighted by atomic mass is 9.93. The van der Waals surface area contributed by atoms with Gasteiger partial charge < -0.3 is 19.9 Å². The number of Topliss-reactive ketones (excluding diaryl/α,β-unsaturated/α-hetero) is 1. The highest BCUT2D eigenvalue weighted by Crippen LogP contribution is 2.45. The molecule has 0 saturated carbocycles. The highest BCUT2D eigenvalue weighted by molar-refractivity contribution is 6.51. The second-order valence-corrected chi connectivity index (χ2v) is 9.10. The fraction of sp³-hybridized carbons (Fsp3) is 0.207. The molecule has 3 aromatic rings. The Kier molecular flexibility index (Phi) is 6.17. The first-order valence-electron chi connectivity index (χ1n) is 11.9. The predicted molar refractivity (Wildman–Crippen MR) is 139 cm³/mol. The molecular formula is C29H26N2O6. The van der Waals surface area contributed by atoms with Crippen molar-refractivity contribution in [2.75, 3.05) is 17.3 Å². The molecule has 2 heterocycles. The maximum absolute atomic E-state index is 13.5. The number of ketones is 1. The molecule has 0 bridgehead atoms. The number of carbonyl (C=O) groups excluding carboxylic acids is 3. The Hall–Kier alpha value is -4.59. The standard InChI is InChI=1S/C29H26N2O6/c1-16-13-19-14-18(11-12-23(19)37-16)27(33)25-26(22-9-4-5-10-24(22)36-3)31(29(35)28(25)34)21-8-6-7-20(15-21)30-17(2)32/h4-12,14-16,26,33H,13H2,1-3H3,(H,30,32)/b27-25+. The minimum absolute atomic E-state index is 0.0162. The number of methoxy groups -OCH3 is 1. The normalized spacial score (nSPS) is 19.9. The number of para-hydroxylation sites is 1. The van der Waals surface area contributed by atoms with Crippen LogP contribution in [-0.2, 0) is 20.8 Å². The summed E-state index contributed by atoms with van der Waals surface area (Å²) in [5.74, 6) is -0.966. The molecule has 3 aromatic carbocycles. The molecule has 1 saturated heterocycles. The fourth-order valence-corrected chi connectivity index (χ4v) is 4.95. The molecular weight excluding hydrogens is 472 g/mol. The van der Waals surface area contributed by atoms with Gasteiger partial charge in [-0.2, -0.15) is 0 Å². The van der Waals surface area contributed by atoms with Crippen molar-refractivity contribution in [3.8, 4) is 11.5 Å². The topological polar surface area (TPSA) is 105 Å². The number of nitrogens with zero attached hydrogens (tertiary/aromatic N) is 1. The number of hydrogen-bond donors (Lipinski definition) is 2. The summed E-state index contributed by atoms with van der Waals surface area (Å²) in [5.41, 5.74) is 2.68. The second-order valence-electron chi connectivity index (χ2n) is 9.10. The lowest BCUT2D eigenvalue weighted by Gasteiger charge is -2.27. The number of benzene rings is 3. The molecule has 2 unspecified atom stereocenters. The molecule has 8 nitrogen and oxygen atoms in total. The number of aliphatic hydroxyl groups excluding tert-OH is 1. The summed E-state index contributed by atoms with van der Waals surface area (Å²) in [6.07, 6.45) is 0.693. The Balaban J connectivity index is 1.70. The van der Waals surface area contributed by atoms with E-state index in [1.165, 1.54) is 18.9 Å². The Bertz CT molecular complexity index is 1460. The molecule has 2 atom stereocenters. The fourth-order valence-electron chi connectivity index (χ4n) is 4.95. The van der Waals surface area contributed by atoms with Crippen LogP contribution in [0.3, 0.4) is 0 Å². The number of amides is 2. The van der Waals surface area contributed by atoms with Crippen LogP contribution in [0.25, 0.3) is 5.76 Å². The Morgan fingerprint density at radius 1 is 1.08 bits per heavy atom. The maximum atomic E-state index is 13.5. The molecule has 2 N–H and O–H groups in total. The zero-order chi connectivity index (χ0) is 26.3. The van der Waals surface area contributed by atoms with Crippen molar-refractivity contribution in [2.45, 2.75) is 32.4 Å². The van der Waals surface area contributed by atoms with E-state index in [1.54, 1.807) is 66.7 Å². The quantitative estimate of drug-likeness (QED) is 0.303. The number of carbonyl (C=O) groups is 3. The van der Waals surface area contributed by atoms with E-state index in [2.05, 4.69) is 5.32 Å². The SMILES string of the molecule is COc1ccccc1C1/C(=C(\O)c2ccc3c(c2)CC(C)O3)C(=O)C(=O)N1c1cccc(NC(C)=O)c1. The summed E-state index contributed by atoms with van der Waals surface area (Å²) >= 11 is 0. The van der Waals surface area contributed by atoms with Gasteiger partial charge in [0.1, 0.15) is 23.4 Å². The molecule has 2 aliphatic rings. The highest BCUT2D eigenvalue weighted by atomic mass is 16.5. The van der Waals surface area contributed by atoms with Crippen LogP contribution in [-0.4, -0.2) is 35.9 Å². The van der Waals surface area contributed by atoms with E-state index in [-0.39, 0.29) is 23.3 Å². The number of fused-ring (bicyclic) bond motifs is 1. The first-order valence-corrected chi connectivity index (χ1v) is 11.9. The number of ether oxygens (including phenoxy) is 2. The van der Waals surface area contributed by atoms with Crippen LogP contribution in [0.4, 0.5) is 11.4 Å². The zero-order valence-corrected chi connectivity index (χ0v) is 20.6. The lowest BCUT2D eigenvalue weighted by Crippen LogP contribution is -2.29. The highest BCUT2D eigenvalue weighted by Gasteiger charge is 2.48. The third-order valence-electron chi connectivity index (χ3n) is 6.49. The number of nitrogens with one attached hydrogen (secondary N) is 1. The molecule has 1 fully saturated rings. The summed E-state index contributed by atoms with van der Waals surface area (Å²) in [7, 11) is 1.50. The minimum Gasteiger partial charge on any atom is -0.507 e. The number of anilines is 2. The summed E-state index contributed by atoms with van der Waals surface area (Å²) in [6, 6.07) is 18.0. The van der Waals surface area contributed by atoms with Crippen LogP contribution in [0, 0.1) is 0 Å². The van der Waals surface area contributed by atoms with Gasteiger partial charge in [-0.05, 0) is 55.0 Å². The van der Waals surface area contributed by atoms with E-state index in [4.69, 9.17) is 9.47 Å². The van der Waals surface area contributed by atoms with Gasteiger partial charge in [0.05, 0.1) is 18.7 Å². The van der Waals surface area contributed by atoms with E-state index in [0.717, 1.165) is 11.3 Å². The molecule has 2 aliphatic heterocycles. The van der Waals surface area contributed by atoms with Gasteiger partial charge in [-0.25, -0.2) is 0 Å². The van der Waals surface area contributed by atoms with E-state index in [0.29, 0.717) is 34.7 Å². The van der Waals surface area contributed by atoms with Gasteiger partial charge in [-0.3, -0.25) is 19.3 Å². The van der Waals surface area contributed by atoms with E-state index in [9.17, 15) is 19.5 Å². The maximum Gasteiger partial charge on any atom is 0.300 e. The van der Waals surface area contributed by atoms with E-state index >= 15 is 0 Å². The van der Waals surface area contributed by atoms with Gasteiger partial charge in [0.15, 0.2) is 0 Å². The summed E-state index contributed by atoms with van der Waals surface area (Å²) in [5, 5.41) is 14.2. The van der Waals surface area contributed by atoms with Crippen molar-refractivity contribution >= 4 is 34.7 Å². The molecule has 0 aliphatic carbocycles. The van der Waals surface area contributed by atoms with Gasteiger partial charge >= 0.3 is 0 Å². The van der Waals surface area contributed by atoms with Crippen LogP contribution in [0.5, 0.6) is 11.5 Å². The van der Waals surface area contributed by atoms with Crippen LogP contribution < -0.4 is 19.7 Å². The molecule has 8 heteroatoms. The van der Waals surface area contributed by atoms with Crippen LogP contribution in [0.1, 0.15) is 36.6 Å². The van der Waals surface area contributed by atoms with E-state index in [1.807, 2.05) is 6.92 Å². The summed E-state index contributed by atoms with van der Waals surface area (Å²) in [6.45, 7) is 3.35. The average Bonchev–Trinajstić information content (AvgIpc) is 3.38. The molecule has 188 valence electrons. The Labute approximate surface area is 214 Å². The molecule has 0 aromatic heterocycles. The van der Waals surface area contributed by atoms with Crippen LogP contribution in [0.2, 0.25) is 0 Å². The van der Waals surface area contributed by atoms with Crippen molar-refractivity contribution in [3.63, 3.8) is 0 Å². The van der Waals surface area contributed by atoms with Crippen LogP contribution in [0.15, 0.2) is 72.3 Å². The predicted octanol–water partition coefficient (Wildman–Crippen LogP) is 4.60. The molecule has 5 rings (SSSR count). The summed E-state index contributed by atoms with van der Waals surface area (Å²) in [4.78, 5) is 39.9. The van der Waals surface area contributed by atoms with Crippen molar-refractivity contribution in [2.24, 2.45) is 0 Å². The average molecular weight is 499 g/mol. The van der Waals surface area contributed by atoms with Gasteiger partial charge in [0, 0.05) is 35.8 Å². The van der Waals surface area contributed by atoms with Crippen molar-refractivity contribution in [1.82, 2.24) is 0 Å². The molecule has 37 heavy (non-hydrogen) atoms. The van der Waals surface area contributed by atoms with Gasteiger partial charge in [0.25, 0.3) is 11.7 Å². The van der Waals surface area contributed by atoms with Crippen LogP contribution >= 0.6 is 0 Å². The lowest BCUT2D eigenvalue weighted by molar-refractivity contribution is -0.132. The van der Waals surface area contributed by atoms with Gasteiger partial charge in [0.2, 0.25) is 5.91 Å².